The molecule has 0 radical (unpaired) electrons. The topological polar surface area (TPSA) is 120 Å². The zero-order valence-corrected chi connectivity index (χ0v) is 45.3. The maximum atomic E-state index is 13.8. The Morgan fingerprint density at radius 3 is 1.28 bits per heavy atom. The summed E-state index contributed by atoms with van der Waals surface area (Å²) in [6.07, 6.45) is -1.35. The lowest BCUT2D eigenvalue weighted by Gasteiger charge is -2.13. The summed E-state index contributed by atoms with van der Waals surface area (Å²) >= 11 is 6.12. The second-order valence-corrected chi connectivity index (χ2v) is 21.7. The van der Waals surface area contributed by atoms with Gasteiger partial charge in [-0.15, -0.1) is 0 Å². The summed E-state index contributed by atoms with van der Waals surface area (Å²) < 4.78 is 390. The van der Waals surface area contributed by atoms with E-state index in [2.05, 4.69) is 51.8 Å². The first-order chi connectivity index (χ1) is 55.7. The van der Waals surface area contributed by atoms with Gasteiger partial charge in [0, 0.05) is 76.2 Å². The van der Waals surface area contributed by atoms with Crippen LogP contribution < -0.4 is 0 Å². The quantitative estimate of drug-likeness (QED) is 0.160. The molecule has 13 heteroatoms. The van der Waals surface area contributed by atoms with Crippen molar-refractivity contribution in [2.75, 3.05) is 0 Å². The third-order valence-electron chi connectivity index (χ3n) is 12.0. The molecule has 83 heavy (non-hydrogen) atoms. The van der Waals surface area contributed by atoms with E-state index in [1.165, 1.54) is 0 Å². The summed E-state index contributed by atoms with van der Waals surface area (Å²) in [5.41, 5.74) is -7.01. The minimum atomic E-state index is -4.97. The zero-order chi connectivity index (χ0) is 89.1. The number of benzene rings is 10. The Hall–Kier alpha value is -8.43. The van der Waals surface area contributed by atoms with Gasteiger partial charge in [0.25, 0.3) is 0 Å². The van der Waals surface area contributed by atoms with E-state index in [4.69, 9.17) is 50.7 Å². The molecule has 6 heterocycles. The van der Waals surface area contributed by atoms with Gasteiger partial charge in [0.05, 0.1) is 108 Å². The second kappa shape index (κ2) is 22.4. The lowest BCUT2D eigenvalue weighted by molar-refractivity contribution is 0.597. The molecule has 0 unspecified atom stereocenters. The number of pyridine rings is 4. The second-order valence-electron chi connectivity index (χ2n) is 16.5. The summed E-state index contributed by atoms with van der Waals surface area (Å²) in [5, 5.41) is -3.04. The average molecular weight is 1310 g/mol. The maximum Gasteiger partial charge on any atom is 0.207 e. The van der Waals surface area contributed by atoms with Gasteiger partial charge in [-0.2, -0.15) is 13.5 Å². The Bertz CT molecular complexity index is 7540. The molecule has 16 rings (SSSR count). The fraction of sp³-hybridized carbons (Fsp3) is 0.0286. The van der Waals surface area contributed by atoms with Crippen molar-refractivity contribution >= 4 is 130 Å². The van der Waals surface area contributed by atoms with Gasteiger partial charge >= 0.3 is 0 Å². The molecule has 0 saturated carbocycles. The van der Waals surface area contributed by atoms with E-state index in [0.29, 0.717) is 0 Å². The van der Waals surface area contributed by atoms with E-state index in [0.717, 1.165) is 0 Å². The van der Waals surface area contributed by atoms with E-state index in [9.17, 15) is 20.9 Å². The molecule has 2 aliphatic heterocycles. The van der Waals surface area contributed by atoms with E-state index < -0.39 is 353 Å². The molecule has 10 aromatic carbocycles. The first-order valence-electron chi connectivity index (χ1n) is 42.4. The number of sulfone groups is 2. The van der Waals surface area contributed by atoms with Crippen LogP contribution in [0.3, 0.4) is 0 Å². The molecule has 0 spiro atoms. The van der Waals surface area contributed by atoms with E-state index in [-0.39, 0.29) is 86.6 Å². The number of fused-ring (bicyclic) bond motifs is 14. The fourth-order valence-electron chi connectivity index (χ4n) is 8.46. The minimum Gasteiger partial charge on any atom is -0.254 e. The van der Waals surface area contributed by atoms with Crippen molar-refractivity contribution in [1.82, 2.24) is 19.9 Å². The normalized spacial score (nSPS) is 19.5. The van der Waals surface area contributed by atoms with Crippen molar-refractivity contribution in [2.45, 2.75) is 34.4 Å². The van der Waals surface area contributed by atoms with Crippen LogP contribution in [0.2, 0.25) is 0 Å². The molecule has 8 nitrogen and oxygen atoms in total. The standard InChI is InChI=1S/C34H20N2O2S.C22H13BrN2.C12H7BrO2S.2CH4.H2S/c37-39(38)31-10-4-3-9-28(31)29-20-23(14-18-32(29)39)24-15-16-27(26-8-2-1-7-25(24)26)30-17-13-22-12-11-21-6-5-19-35-33(21)34(22)36-30;23-19-11-10-18(16-5-1-2-6-17(16)19)20-12-9-15-8-7-14-4-3-13-24-21(14)22(15)25-20;13-8-5-6-12-10(7-8)9-3-1-2-4-11(9)16(12,14)15;;;/h1-20H;1-13H;1-7H;2*1H4;1H2/i1D,2D,3D,4D,5D,6D,7D,8D,9D,10D,11D,12D,13D,14D,15D,16D,17D,18D,19D,20D;1D,2D,3D,4D,5D,6D,7D,8D,9D,10D,11D,12D,13D;1D,2D,3D,4D,5D,6D,7D;;;. The SMILES string of the molecule is C.C.S.[2H]c1c([2H])c([2H])c2c(c1[2H])-c1c([2H])c(Br)c([2H])c([2H])c1S2(=O)=O.[2H]c1nc2c(c([2H])c1[2H])c([2H])c([2H])c1c([2H])c([2H])c(-c3c([2H])c([2H])c(-c4c([2H])c([2H])c5c(c4[2H])-c4c([2H])c([2H])c([2H])c([2H])c4S5(=O)=O)c4c([2H])c([2H])c([2H])c([2H])c34)nc12.[2H]c1nc2c(c([2H])c1[2H])c([2H])c([2H])c1c([2H])c([2H])c(-c3c([2H])c([2H])c(Br)c4c([2H])c([2H])c([2H])c([2H])c34)nc12. The lowest BCUT2D eigenvalue weighted by atomic mass is 9.92. The molecule has 0 bridgehead atoms. The number of aromatic nitrogens is 4. The molecule has 2 aliphatic rings. The van der Waals surface area contributed by atoms with E-state index >= 15 is 0 Å². The van der Waals surface area contributed by atoms with Gasteiger partial charge in [-0.1, -0.05) is 204 Å². The number of hydrogen-bond donors (Lipinski definition) is 0. The molecule has 406 valence electrons. The van der Waals surface area contributed by atoms with Crippen molar-refractivity contribution in [3.05, 3.63) is 251 Å². The lowest BCUT2D eigenvalue weighted by Crippen LogP contribution is -1.96. The number of nitrogens with zero attached hydrogens (tertiary/aromatic N) is 4. The Morgan fingerprint density at radius 1 is 0.337 bits per heavy atom. The Kier molecular flexibility index (Phi) is 7.01. The third kappa shape index (κ3) is 9.65. The first-order valence-corrected chi connectivity index (χ1v) is 27.0. The highest BCUT2D eigenvalue weighted by Crippen LogP contribution is 2.47. The van der Waals surface area contributed by atoms with Crippen molar-refractivity contribution in [3.63, 3.8) is 0 Å². The van der Waals surface area contributed by atoms with Crippen LogP contribution in [0.15, 0.2) is 270 Å². The molecule has 4 aromatic heterocycles. The van der Waals surface area contributed by atoms with Gasteiger partial charge in [-0.05, 0) is 105 Å². The number of rotatable bonds is 3. The number of hydrogen-bond acceptors (Lipinski definition) is 8. The minimum absolute atomic E-state index is 0. The largest absolute Gasteiger partial charge is 0.254 e. The van der Waals surface area contributed by atoms with Crippen LogP contribution in [0, 0.1) is 0 Å². The maximum absolute atomic E-state index is 13.8. The van der Waals surface area contributed by atoms with Crippen LogP contribution in [-0.4, -0.2) is 36.8 Å². The highest BCUT2D eigenvalue weighted by molar-refractivity contribution is 9.11. The monoisotopic (exact) mass is 1300 g/mol. The van der Waals surface area contributed by atoms with Crippen molar-refractivity contribution in [1.29, 1.82) is 0 Å². The van der Waals surface area contributed by atoms with Gasteiger partial charge in [-0.3, -0.25) is 9.97 Å². The summed E-state index contributed by atoms with van der Waals surface area (Å²) in [4.78, 5) is 13.5. The summed E-state index contributed by atoms with van der Waals surface area (Å²) in [5.74, 6) is 0. The molecular formula is C70H50Br2N4O4S3. The van der Waals surface area contributed by atoms with Crippen LogP contribution in [0.5, 0.6) is 0 Å². The predicted octanol–water partition coefficient (Wildman–Crippen LogP) is 19.1. The molecule has 0 N–H and O–H groups in total. The van der Waals surface area contributed by atoms with E-state index in [1.807, 2.05) is 0 Å². The molecular weight excluding hydrogens is 1220 g/mol. The van der Waals surface area contributed by atoms with Gasteiger partial charge < -0.3 is 0 Å². The Morgan fingerprint density at radius 2 is 0.735 bits per heavy atom. The van der Waals surface area contributed by atoms with Crippen molar-refractivity contribution < 1.29 is 71.7 Å². The van der Waals surface area contributed by atoms with Gasteiger partial charge in [0.2, 0.25) is 19.7 Å². The van der Waals surface area contributed by atoms with Crippen LogP contribution in [-0.2, 0) is 19.7 Å². The van der Waals surface area contributed by atoms with E-state index in [1.54, 1.807) is 0 Å². The third-order valence-corrected chi connectivity index (χ3v) is 16.4. The van der Waals surface area contributed by atoms with Gasteiger partial charge in [0.15, 0.2) is 0 Å². The summed E-state index contributed by atoms with van der Waals surface area (Å²) in [7, 11) is -9.38. The predicted molar refractivity (Wildman–Crippen MR) is 353 cm³/mol. The highest BCUT2D eigenvalue weighted by atomic mass is 79.9. The zero-order valence-electron chi connectivity index (χ0n) is 79.5. The molecule has 0 atom stereocenters. The van der Waals surface area contributed by atoms with Crippen LogP contribution in [0.25, 0.3) is 121 Å². The molecule has 0 amide bonds. The Labute approximate surface area is 561 Å². The van der Waals surface area contributed by atoms with Crippen molar-refractivity contribution in [3.8, 4) is 55.9 Å². The smallest absolute Gasteiger partial charge is 0.207 e. The summed E-state index contributed by atoms with van der Waals surface area (Å²) in [6.45, 7) is 0. The van der Waals surface area contributed by atoms with Crippen LogP contribution >= 0.6 is 45.4 Å². The molecule has 14 aromatic rings. The number of halogens is 2. The molecule has 0 saturated heterocycles. The fourth-order valence-corrected chi connectivity index (χ4v) is 12.0. The van der Waals surface area contributed by atoms with Crippen LogP contribution in [0.4, 0.5) is 0 Å². The Balaban J connectivity index is 0.000000197. The van der Waals surface area contributed by atoms with Gasteiger partial charge in [0.1, 0.15) is 0 Å². The van der Waals surface area contributed by atoms with Crippen molar-refractivity contribution in [2.24, 2.45) is 0 Å². The summed E-state index contributed by atoms with van der Waals surface area (Å²) in [6, 6.07) is -27.7. The highest BCUT2D eigenvalue weighted by Gasteiger charge is 2.34. The van der Waals surface area contributed by atoms with Crippen LogP contribution in [0.1, 0.15) is 69.7 Å². The molecule has 0 fully saturated rings. The first kappa shape index (κ1) is 26.0. The molecule has 0 aliphatic carbocycles. The average Bonchev–Trinajstić information content (AvgIpc) is 1.59. The van der Waals surface area contributed by atoms with Gasteiger partial charge in [-0.25, -0.2) is 26.8 Å².